The highest BCUT2D eigenvalue weighted by molar-refractivity contribution is 6.08. The molecule has 0 radical (unpaired) electrons. The Hall–Kier alpha value is -2.89. The molecule has 6 nitrogen and oxygen atoms in total. The van der Waals surface area contributed by atoms with Crippen molar-refractivity contribution in [1.82, 2.24) is 9.97 Å². The van der Waals surface area contributed by atoms with E-state index >= 15 is 0 Å². The highest BCUT2D eigenvalue weighted by Crippen LogP contribution is 2.23. The summed E-state index contributed by atoms with van der Waals surface area (Å²) >= 11 is 0. The molecule has 0 aliphatic carbocycles. The van der Waals surface area contributed by atoms with E-state index in [9.17, 15) is 9.59 Å². The molecule has 2 heterocycles. The van der Waals surface area contributed by atoms with Gasteiger partial charge in [0.1, 0.15) is 11.2 Å². The number of Topliss-reactive ketones (excluding diaryl/α,β-unsaturated/α-hetero) is 1. The van der Waals surface area contributed by atoms with Crippen LogP contribution in [0, 0.1) is 13.8 Å². The highest BCUT2D eigenvalue weighted by atomic mass is 16.3. The number of nitrogens with one attached hydrogen (secondary N) is 2. The van der Waals surface area contributed by atoms with Crippen molar-refractivity contribution in [3.8, 4) is 0 Å². The van der Waals surface area contributed by atoms with E-state index in [2.05, 4.69) is 15.3 Å². The summed E-state index contributed by atoms with van der Waals surface area (Å²) in [5, 5.41) is 2.84. The van der Waals surface area contributed by atoms with Crippen LogP contribution in [0.25, 0.3) is 11.1 Å². The van der Waals surface area contributed by atoms with Crippen LogP contribution >= 0.6 is 0 Å². The van der Waals surface area contributed by atoms with Gasteiger partial charge in [-0.05, 0) is 38.0 Å². The third-order valence-corrected chi connectivity index (χ3v) is 3.98. The minimum atomic E-state index is -0.280. The smallest absolute Gasteiger partial charge is 0.272 e. The molecular weight excluding hydrogens is 306 g/mol. The summed E-state index contributed by atoms with van der Waals surface area (Å²) in [6.45, 7) is 7.01. The fraction of sp³-hybridized carbons (Fsp3) is 0.278. The molecule has 0 aliphatic heterocycles. The molecule has 0 saturated carbocycles. The third-order valence-electron chi connectivity index (χ3n) is 3.98. The topological polar surface area (TPSA) is 88.0 Å². The molecule has 3 rings (SSSR count). The number of ketones is 1. The summed E-state index contributed by atoms with van der Waals surface area (Å²) in [5.74, 6) is 0.254. The molecule has 6 heteroatoms. The first-order valence-corrected chi connectivity index (χ1v) is 7.81. The number of aromatic amines is 1. The Bertz CT molecular complexity index is 950. The minimum absolute atomic E-state index is 0.0433. The number of fused-ring (bicyclic) bond motifs is 1. The molecule has 1 aromatic carbocycles. The summed E-state index contributed by atoms with van der Waals surface area (Å²) in [6, 6.07) is 5.30. The minimum Gasteiger partial charge on any atom is -0.441 e. The Morgan fingerprint density at radius 2 is 2.04 bits per heavy atom. The van der Waals surface area contributed by atoms with Crippen molar-refractivity contribution >= 4 is 28.5 Å². The Morgan fingerprint density at radius 1 is 1.29 bits per heavy atom. The molecule has 0 bridgehead atoms. The first kappa shape index (κ1) is 16.0. The van der Waals surface area contributed by atoms with E-state index in [1.54, 1.807) is 32.0 Å². The molecule has 3 aromatic rings. The number of nitrogens with zero attached hydrogens (tertiary/aromatic N) is 1. The van der Waals surface area contributed by atoms with E-state index in [1.807, 2.05) is 6.92 Å². The third kappa shape index (κ3) is 2.71. The monoisotopic (exact) mass is 325 g/mol. The summed E-state index contributed by atoms with van der Waals surface area (Å²) in [4.78, 5) is 31.7. The van der Waals surface area contributed by atoms with Crippen LogP contribution in [0.1, 0.15) is 51.8 Å². The second-order valence-corrected chi connectivity index (χ2v) is 5.76. The predicted molar refractivity (Wildman–Crippen MR) is 91.6 cm³/mol. The molecule has 0 aliphatic rings. The van der Waals surface area contributed by atoms with Crippen LogP contribution in [0.15, 0.2) is 22.6 Å². The Kier molecular flexibility index (Phi) is 3.97. The number of H-pyrrole nitrogens is 1. The van der Waals surface area contributed by atoms with Gasteiger partial charge in [0.25, 0.3) is 5.91 Å². The number of aryl methyl sites for hydroxylation is 2. The van der Waals surface area contributed by atoms with Crippen molar-refractivity contribution in [2.45, 2.75) is 34.1 Å². The maximum Gasteiger partial charge on any atom is 0.272 e. The van der Waals surface area contributed by atoms with Crippen LogP contribution < -0.4 is 5.32 Å². The average molecular weight is 325 g/mol. The molecule has 0 unspecified atom stereocenters. The zero-order valence-corrected chi connectivity index (χ0v) is 14.1. The van der Waals surface area contributed by atoms with Crippen LogP contribution in [-0.2, 0) is 6.42 Å². The first-order valence-electron chi connectivity index (χ1n) is 7.81. The van der Waals surface area contributed by atoms with Crippen LogP contribution in [0.3, 0.4) is 0 Å². The number of oxazole rings is 1. The van der Waals surface area contributed by atoms with E-state index < -0.39 is 0 Å². The van der Waals surface area contributed by atoms with E-state index in [-0.39, 0.29) is 11.7 Å². The van der Waals surface area contributed by atoms with E-state index in [0.29, 0.717) is 40.5 Å². The van der Waals surface area contributed by atoms with Crippen LogP contribution in [-0.4, -0.2) is 21.7 Å². The van der Waals surface area contributed by atoms with Gasteiger partial charge in [-0.1, -0.05) is 6.92 Å². The van der Waals surface area contributed by atoms with Gasteiger partial charge in [0.2, 0.25) is 0 Å². The van der Waals surface area contributed by atoms with Crippen LogP contribution in [0.5, 0.6) is 0 Å². The highest BCUT2D eigenvalue weighted by Gasteiger charge is 2.21. The molecule has 2 aromatic heterocycles. The second kappa shape index (κ2) is 5.96. The molecule has 0 spiro atoms. The van der Waals surface area contributed by atoms with Crippen molar-refractivity contribution in [1.29, 1.82) is 0 Å². The Balaban J connectivity index is 1.94. The number of hydrogen-bond donors (Lipinski definition) is 2. The van der Waals surface area contributed by atoms with Gasteiger partial charge in [0, 0.05) is 29.9 Å². The lowest BCUT2D eigenvalue weighted by molar-refractivity contribution is 0.101. The summed E-state index contributed by atoms with van der Waals surface area (Å²) in [5.41, 5.74) is 4.46. The lowest BCUT2D eigenvalue weighted by Crippen LogP contribution is -2.14. The van der Waals surface area contributed by atoms with E-state index in [0.717, 1.165) is 11.1 Å². The summed E-state index contributed by atoms with van der Waals surface area (Å²) in [6.07, 6.45) is 0.600. The molecule has 0 saturated heterocycles. The van der Waals surface area contributed by atoms with Crippen LogP contribution in [0.2, 0.25) is 0 Å². The molecular formula is C18H19N3O3. The number of hydrogen-bond acceptors (Lipinski definition) is 4. The van der Waals surface area contributed by atoms with Gasteiger partial charge in [-0.2, -0.15) is 0 Å². The summed E-state index contributed by atoms with van der Waals surface area (Å²) < 4.78 is 5.48. The second-order valence-electron chi connectivity index (χ2n) is 5.76. The fourth-order valence-corrected chi connectivity index (χ4v) is 3.01. The first-order chi connectivity index (χ1) is 11.4. The molecule has 2 N–H and O–H groups in total. The average Bonchev–Trinajstić information content (AvgIpc) is 3.05. The SMILES string of the molecule is CCc1c(C(=O)Nc2ccc3nc(C)oc3c2)[nH]c(C)c1C(C)=O. The van der Waals surface area contributed by atoms with Crippen molar-refractivity contribution in [3.05, 3.63) is 46.6 Å². The van der Waals surface area contributed by atoms with Crippen LogP contribution in [0.4, 0.5) is 5.69 Å². The van der Waals surface area contributed by atoms with Gasteiger partial charge < -0.3 is 14.7 Å². The number of carbonyl (C=O) groups is 2. The van der Waals surface area contributed by atoms with Gasteiger partial charge in [-0.15, -0.1) is 0 Å². The summed E-state index contributed by atoms with van der Waals surface area (Å²) in [7, 11) is 0. The number of amides is 1. The molecule has 1 amide bonds. The maximum atomic E-state index is 12.6. The quantitative estimate of drug-likeness (QED) is 0.714. The Labute approximate surface area is 139 Å². The maximum absolute atomic E-state index is 12.6. The van der Waals surface area contributed by atoms with E-state index in [4.69, 9.17) is 4.42 Å². The van der Waals surface area contributed by atoms with Gasteiger partial charge in [-0.25, -0.2) is 4.98 Å². The number of aromatic nitrogens is 2. The van der Waals surface area contributed by atoms with Gasteiger partial charge in [0.05, 0.1) is 0 Å². The zero-order valence-electron chi connectivity index (χ0n) is 14.1. The van der Waals surface area contributed by atoms with Crippen molar-refractivity contribution in [2.75, 3.05) is 5.32 Å². The molecule has 24 heavy (non-hydrogen) atoms. The number of anilines is 1. The lowest BCUT2D eigenvalue weighted by atomic mass is 10.0. The fourth-order valence-electron chi connectivity index (χ4n) is 3.01. The number of benzene rings is 1. The van der Waals surface area contributed by atoms with Gasteiger partial charge in [-0.3, -0.25) is 9.59 Å². The predicted octanol–water partition coefficient (Wildman–Crippen LogP) is 3.79. The Morgan fingerprint density at radius 3 is 2.71 bits per heavy atom. The molecule has 0 atom stereocenters. The molecule has 124 valence electrons. The zero-order chi connectivity index (χ0) is 17.4. The van der Waals surface area contributed by atoms with Gasteiger partial charge >= 0.3 is 0 Å². The van der Waals surface area contributed by atoms with E-state index in [1.165, 1.54) is 6.92 Å². The van der Waals surface area contributed by atoms with Crippen molar-refractivity contribution < 1.29 is 14.0 Å². The number of carbonyl (C=O) groups excluding carboxylic acids is 2. The lowest BCUT2D eigenvalue weighted by Gasteiger charge is -2.06. The molecule has 0 fully saturated rings. The van der Waals surface area contributed by atoms with Gasteiger partial charge in [0.15, 0.2) is 17.3 Å². The van der Waals surface area contributed by atoms with Crippen molar-refractivity contribution in [3.63, 3.8) is 0 Å². The standard InChI is InChI=1S/C18H19N3O3/c1-5-13-16(10(3)22)9(2)19-17(13)18(23)21-12-6-7-14-15(8-12)24-11(4)20-14/h6-8,19H,5H2,1-4H3,(H,21,23). The normalized spacial score (nSPS) is 11.0. The largest absolute Gasteiger partial charge is 0.441 e. The van der Waals surface area contributed by atoms with Crippen molar-refractivity contribution in [2.24, 2.45) is 0 Å². The number of rotatable bonds is 4.